The first-order valence-corrected chi connectivity index (χ1v) is 6.05. The summed E-state index contributed by atoms with van der Waals surface area (Å²) in [6.07, 6.45) is 1.92. The van der Waals surface area contributed by atoms with E-state index in [9.17, 15) is 4.79 Å². The molecule has 0 fully saturated rings. The fourth-order valence-corrected chi connectivity index (χ4v) is 1.73. The van der Waals surface area contributed by atoms with Crippen molar-refractivity contribution >= 4 is 23.4 Å². The molecule has 0 spiro atoms. The van der Waals surface area contributed by atoms with Crippen molar-refractivity contribution in [3.8, 4) is 5.75 Å². The number of carbonyl (C=O) groups excluding carboxylic acids is 1. The van der Waals surface area contributed by atoms with Gasteiger partial charge in [-0.05, 0) is 25.3 Å². The SMILES string of the molecule is CCOC(=O)c1cc(SC)cc(OC)c1N. The number of hydrogen-bond acceptors (Lipinski definition) is 5. The van der Waals surface area contributed by atoms with Gasteiger partial charge in [0.05, 0.1) is 25.0 Å². The number of carbonyl (C=O) groups is 1. The van der Waals surface area contributed by atoms with Crippen LogP contribution in [0.15, 0.2) is 17.0 Å². The van der Waals surface area contributed by atoms with Crippen LogP contribution in [0.2, 0.25) is 0 Å². The van der Waals surface area contributed by atoms with Gasteiger partial charge in [-0.25, -0.2) is 4.79 Å². The molecule has 0 amide bonds. The quantitative estimate of drug-likeness (QED) is 0.497. The van der Waals surface area contributed by atoms with Gasteiger partial charge in [0.25, 0.3) is 0 Å². The normalized spacial score (nSPS) is 9.94. The molecule has 0 saturated carbocycles. The van der Waals surface area contributed by atoms with Crippen molar-refractivity contribution in [3.05, 3.63) is 17.7 Å². The summed E-state index contributed by atoms with van der Waals surface area (Å²) in [6, 6.07) is 3.50. The molecule has 0 aliphatic heterocycles. The van der Waals surface area contributed by atoms with Gasteiger partial charge in [0.1, 0.15) is 5.75 Å². The zero-order valence-electron chi connectivity index (χ0n) is 9.57. The highest BCUT2D eigenvalue weighted by Gasteiger charge is 2.16. The minimum atomic E-state index is -0.422. The predicted molar refractivity (Wildman–Crippen MR) is 65.1 cm³/mol. The van der Waals surface area contributed by atoms with Gasteiger partial charge in [0.2, 0.25) is 0 Å². The third-order valence-corrected chi connectivity index (χ3v) is 2.77. The minimum Gasteiger partial charge on any atom is -0.495 e. The molecule has 0 heterocycles. The molecule has 88 valence electrons. The Balaban J connectivity index is 3.20. The lowest BCUT2D eigenvalue weighted by molar-refractivity contribution is 0.0527. The number of thioether (sulfide) groups is 1. The minimum absolute atomic E-state index is 0.318. The van der Waals surface area contributed by atoms with Crippen molar-refractivity contribution in [3.63, 3.8) is 0 Å². The molecule has 4 nitrogen and oxygen atoms in total. The summed E-state index contributed by atoms with van der Waals surface area (Å²) in [5.74, 6) is 0.0732. The fraction of sp³-hybridized carbons (Fsp3) is 0.364. The summed E-state index contributed by atoms with van der Waals surface area (Å²) >= 11 is 1.51. The number of esters is 1. The molecule has 0 aromatic heterocycles. The van der Waals surface area contributed by atoms with Crippen LogP contribution in [0.25, 0.3) is 0 Å². The second-order valence-corrected chi connectivity index (χ2v) is 3.89. The number of nitrogens with two attached hydrogens (primary N) is 1. The van der Waals surface area contributed by atoms with Crippen molar-refractivity contribution in [1.29, 1.82) is 0 Å². The Bertz CT molecular complexity index is 393. The summed E-state index contributed by atoms with van der Waals surface area (Å²) in [6.45, 7) is 2.08. The number of ether oxygens (including phenoxy) is 2. The van der Waals surface area contributed by atoms with Gasteiger partial charge in [-0.1, -0.05) is 0 Å². The molecule has 0 aliphatic carbocycles. The Morgan fingerprint density at radius 2 is 2.19 bits per heavy atom. The van der Waals surface area contributed by atoms with E-state index in [2.05, 4.69) is 0 Å². The van der Waals surface area contributed by atoms with Gasteiger partial charge < -0.3 is 15.2 Å². The van der Waals surface area contributed by atoms with Crippen molar-refractivity contribution in [2.45, 2.75) is 11.8 Å². The van der Waals surface area contributed by atoms with E-state index in [1.165, 1.54) is 18.9 Å². The number of rotatable bonds is 4. The summed E-state index contributed by atoms with van der Waals surface area (Å²) in [4.78, 5) is 12.5. The van der Waals surface area contributed by atoms with Crippen LogP contribution >= 0.6 is 11.8 Å². The van der Waals surface area contributed by atoms with Crippen LogP contribution in [0, 0.1) is 0 Å². The Morgan fingerprint density at radius 3 is 2.69 bits per heavy atom. The molecule has 0 unspecified atom stereocenters. The van der Waals surface area contributed by atoms with Gasteiger partial charge in [-0.3, -0.25) is 0 Å². The third-order valence-electron chi connectivity index (χ3n) is 2.07. The molecule has 0 saturated heterocycles. The molecular weight excluding hydrogens is 226 g/mol. The van der Waals surface area contributed by atoms with Crippen LogP contribution in [0.5, 0.6) is 5.75 Å². The summed E-state index contributed by atoms with van der Waals surface area (Å²) in [5, 5.41) is 0. The molecule has 1 rings (SSSR count). The summed E-state index contributed by atoms with van der Waals surface area (Å²) < 4.78 is 10.0. The van der Waals surface area contributed by atoms with Gasteiger partial charge >= 0.3 is 5.97 Å². The van der Waals surface area contributed by atoms with Gasteiger partial charge in [-0.2, -0.15) is 0 Å². The smallest absolute Gasteiger partial charge is 0.340 e. The van der Waals surface area contributed by atoms with Crippen LogP contribution in [-0.4, -0.2) is 25.9 Å². The number of nitrogen functional groups attached to an aromatic ring is 1. The number of anilines is 1. The largest absolute Gasteiger partial charge is 0.495 e. The van der Waals surface area contributed by atoms with Gasteiger partial charge in [0.15, 0.2) is 0 Å². The lowest BCUT2D eigenvalue weighted by Gasteiger charge is -2.11. The Morgan fingerprint density at radius 1 is 1.50 bits per heavy atom. The maximum atomic E-state index is 11.6. The summed E-state index contributed by atoms with van der Waals surface area (Å²) in [5.41, 5.74) is 6.48. The van der Waals surface area contributed by atoms with Crippen molar-refractivity contribution in [1.82, 2.24) is 0 Å². The summed E-state index contributed by atoms with van der Waals surface area (Å²) in [7, 11) is 1.52. The van der Waals surface area contributed by atoms with Crippen LogP contribution in [0.4, 0.5) is 5.69 Å². The molecule has 0 aliphatic rings. The zero-order chi connectivity index (χ0) is 12.1. The van der Waals surface area contributed by atoms with E-state index in [-0.39, 0.29) is 0 Å². The van der Waals surface area contributed by atoms with Crippen molar-refractivity contribution < 1.29 is 14.3 Å². The Kier molecular flexibility index (Phi) is 4.49. The van der Waals surface area contributed by atoms with E-state index >= 15 is 0 Å². The fourth-order valence-electron chi connectivity index (χ4n) is 1.27. The molecular formula is C11H15NO3S. The van der Waals surface area contributed by atoms with Gasteiger partial charge in [-0.15, -0.1) is 11.8 Å². The second-order valence-electron chi connectivity index (χ2n) is 3.01. The lowest BCUT2D eigenvalue weighted by Crippen LogP contribution is -2.09. The zero-order valence-corrected chi connectivity index (χ0v) is 10.4. The van der Waals surface area contributed by atoms with E-state index in [0.717, 1.165) is 4.90 Å². The predicted octanol–water partition coefficient (Wildman–Crippen LogP) is 2.18. The van der Waals surface area contributed by atoms with Crippen LogP contribution in [0.3, 0.4) is 0 Å². The first-order chi connectivity index (χ1) is 7.63. The Labute approximate surface area is 99.1 Å². The lowest BCUT2D eigenvalue weighted by atomic mass is 10.1. The van der Waals surface area contributed by atoms with Crippen LogP contribution in [0.1, 0.15) is 17.3 Å². The number of methoxy groups -OCH3 is 1. The molecule has 16 heavy (non-hydrogen) atoms. The average Bonchev–Trinajstić information content (AvgIpc) is 2.29. The molecule has 0 bridgehead atoms. The monoisotopic (exact) mass is 241 g/mol. The van der Waals surface area contributed by atoms with E-state index in [1.807, 2.05) is 6.26 Å². The molecule has 1 aromatic carbocycles. The van der Waals surface area contributed by atoms with Crippen LogP contribution < -0.4 is 10.5 Å². The maximum Gasteiger partial charge on any atom is 0.340 e. The highest BCUT2D eigenvalue weighted by atomic mass is 32.2. The third kappa shape index (κ3) is 2.61. The molecule has 5 heteroatoms. The van der Waals surface area contributed by atoms with E-state index < -0.39 is 5.97 Å². The molecule has 2 N–H and O–H groups in total. The topological polar surface area (TPSA) is 61.5 Å². The highest BCUT2D eigenvalue weighted by Crippen LogP contribution is 2.31. The Hall–Kier alpha value is -1.36. The first-order valence-electron chi connectivity index (χ1n) is 4.82. The standard InChI is InChI=1S/C11H15NO3S/c1-4-15-11(13)8-5-7(16-3)6-9(14-2)10(8)12/h5-6H,4,12H2,1-3H3. The maximum absolute atomic E-state index is 11.6. The molecule has 0 atom stereocenters. The van der Waals surface area contributed by atoms with E-state index in [4.69, 9.17) is 15.2 Å². The van der Waals surface area contributed by atoms with E-state index in [0.29, 0.717) is 23.6 Å². The highest BCUT2D eigenvalue weighted by molar-refractivity contribution is 7.98. The molecule has 1 aromatic rings. The number of hydrogen-bond donors (Lipinski definition) is 1. The van der Waals surface area contributed by atoms with Crippen LogP contribution in [-0.2, 0) is 4.74 Å². The second kappa shape index (κ2) is 5.65. The van der Waals surface area contributed by atoms with Crippen molar-refractivity contribution in [2.24, 2.45) is 0 Å². The van der Waals surface area contributed by atoms with Crippen molar-refractivity contribution in [2.75, 3.05) is 25.7 Å². The number of benzene rings is 1. The van der Waals surface area contributed by atoms with E-state index in [1.54, 1.807) is 19.1 Å². The van der Waals surface area contributed by atoms with Gasteiger partial charge in [0, 0.05) is 4.90 Å². The molecule has 0 radical (unpaired) electrons. The average molecular weight is 241 g/mol. The first kappa shape index (κ1) is 12.7.